The van der Waals surface area contributed by atoms with Crippen molar-refractivity contribution >= 4 is 6.29 Å². The quantitative estimate of drug-likeness (QED) is 0.470. The van der Waals surface area contributed by atoms with Gasteiger partial charge in [0.1, 0.15) is 6.29 Å². The summed E-state index contributed by atoms with van der Waals surface area (Å²) in [5.74, 6) is 0. The molecule has 0 saturated carbocycles. The number of hydrogen-bond acceptors (Lipinski definition) is 3. The second kappa shape index (κ2) is 3.32. The van der Waals surface area contributed by atoms with Crippen molar-refractivity contribution in [3.05, 3.63) is 0 Å². The fraction of sp³-hybridized carbons (Fsp3) is 0.500. The lowest BCUT2D eigenvalue weighted by atomic mass is 10.3. The Morgan fingerprint density at radius 3 is 2.71 bits per heavy atom. The molecule has 3 heteroatoms. The molecule has 0 aliphatic carbocycles. The summed E-state index contributed by atoms with van der Waals surface area (Å²) in [6, 6.07) is 1.17. The van der Waals surface area contributed by atoms with E-state index in [9.17, 15) is 4.79 Å². The molecule has 1 atom stereocenters. The Balaban J connectivity index is 3.21. The molecular weight excluding hydrogens is 92.1 g/mol. The van der Waals surface area contributed by atoms with Crippen molar-refractivity contribution in [1.29, 1.82) is 5.26 Å². The van der Waals surface area contributed by atoms with Crippen LogP contribution in [0.2, 0.25) is 0 Å². The molecule has 0 saturated heterocycles. The van der Waals surface area contributed by atoms with Crippen LogP contribution < -0.4 is 5.73 Å². The molecule has 0 aromatic carbocycles. The molecule has 7 heavy (non-hydrogen) atoms. The number of carbonyl (C=O) groups excluding carboxylic acids is 1. The molecule has 0 heterocycles. The lowest BCUT2D eigenvalue weighted by molar-refractivity contribution is -0.108. The fourth-order valence-corrected chi connectivity index (χ4v) is 0.154. The molecule has 0 radical (unpaired) electrons. The van der Waals surface area contributed by atoms with Gasteiger partial charge < -0.3 is 10.5 Å². The van der Waals surface area contributed by atoms with Crippen molar-refractivity contribution in [2.45, 2.75) is 12.5 Å². The predicted octanol–water partition coefficient (Wildman–Crippen LogP) is -0.574. The van der Waals surface area contributed by atoms with Crippen LogP contribution in [0.4, 0.5) is 0 Å². The Morgan fingerprint density at radius 2 is 2.57 bits per heavy atom. The molecule has 0 aromatic rings. The van der Waals surface area contributed by atoms with Crippen LogP contribution in [0.15, 0.2) is 0 Å². The van der Waals surface area contributed by atoms with Crippen LogP contribution in [-0.2, 0) is 4.79 Å². The minimum absolute atomic E-state index is 0.115. The van der Waals surface area contributed by atoms with Gasteiger partial charge in [0, 0.05) is 0 Å². The summed E-state index contributed by atoms with van der Waals surface area (Å²) in [4.78, 5) is 9.62. The maximum atomic E-state index is 9.62. The van der Waals surface area contributed by atoms with Gasteiger partial charge >= 0.3 is 0 Å². The number of rotatable bonds is 2. The largest absolute Gasteiger partial charge is 0.321 e. The first-order chi connectivity index (χ1) is 3.31. The highest BCUT2D eigenvalue weighted by atomic mass is 16.1. The first-order valence-electron chi connectivity index (χ1n) is 1.89. The molecule has 38 valence electrons. The second-order valence-electron chi connectivity index (χ2n) is 1.16. The maximum absolute atomic E-state index is 9.62. The second-order valence-corrected chi connectivity index (χ2v) is 1.16. The minimum Gasteiger partial charge on any atom is -0.321 e. The van der Waals surface area contributed by atoms with Crippen LogP contribution in [0.5, 0.6) is 0 Å². The number of carbonyl (C=O) groups is 1. The highest BCUT2D eigenvalue weighted by Gasteiger charge is 1.93. The third kappa shape index (κ3) is 2.94. The van der Waals surface area contributed by atoms with E-state index < -0.39 is 6.04 Å². The van der Waals surface area contributed by atoms with E-state index in [1.54, 1.807) is 6.07 Å². The van der Waals surface area contributed by atoms with Crippen molar-refractivity contribution in [2.24, 2.45) is 5.73 Å². The summed E-state index contributed by atoms with van der Waals surface area (Å²) in [7, 11) is 0. The summed E-state index contributed by atoms with van der Waals surface area (Å²) in [6.45, 7) is 0. The molecular formula is C4H6N2O. The number of nitrogens with two attached hydrogens (primary N) is 1. The molecule has 0 amide bonds. The molecule has 0 aromatic heterocycles. The van der Waals surface area contributed by atoms with Gasteiger partial charge in [0.25, 0.3) is 0 Å². The van der Waals surface area contributed by atoms with E-state index in [0.29, 0.717) is 6.29 Å². The molecule has 0 spiro atoms. The average molecular weight is 98.1 g/mol. The van der Waals surface area contributed by atoms with Gasteiger partial charge in [-0.25, -0.2) is 0 Å². The molecule has 0 fully saturated rings. The van der Waals surface area contributed by atoms with Gasteiger partial charge in [-0.05, 0) is 0 Å². The summed E-state index contributed by atoms with van der Waals surface area (Å²) in [5, 5.41) is 7.88. The van der Waals surface area contributed by atoms with Gasteiger partial charge in [-0.15, -0.1) is 0 Å². The normalized spacial score (nSPS) is 12.0. The third-order valence-electron chi connectivity index (χ3n) is 0.502. The van der Waals surface area contributed by atoms with E-state index in [0.717, 1.165) is 0 Å². The average Bonchev–Trinajstić information content (AvgIpc) is 1.68. The Labute approximate surface area is 41.7 Å². The lowest BCUT2D eigenvalue weighted by Gasteiger charge is -1.88. The zero-order valence-corrected chi connectivity index (χ0v) is 3.79. The molecule has 0 unspecified atom stereocenters. The van der Waals surface area contributed by atoms with Crippen LogP contribution in [0.1, 0.15) is 6.42 Å². The van der Waals surface area contributed by atoms with E-state index in [1.165, 1.54) is 0 Å². The number of nitriles is 1. The van der Waals surface area contributed by atoms with Crippen molar-refractivity contribution in [3.8, 4) is 6.07 Å². The van der Waals surface area contributed by atoms with Gasteiger partial charge in [0.05, 0.1) is 18.5 Å². The van der Waals surface area contributed by atoms with Crippen LogP contribution in [0.25, 0.3) is 0 Å². The van der Waals surface area contributed by atoms with Crippen LogP contribution in [0.3, 0.4) is 0 Å². The van der Waals surface area contributed by atoms with E-state index in [4.69, 9.17) is 11.0 Å². The third-order valence-corrected chi connectivity index (χ3v) is 0.502. The fourth-order valence-electron chi connectivity index (χ4n) is 0.154. The van der Waals surface area contributed by atoms with Crippen molar-refractivity contribution in [1.82, 2.24) is 0 Å². The summed E-state index contributed by atoms with van der Waals surface area (Å²) in [6.07, 6.45) is 0.673. The van der Waals surface area contributed by atoms with Crippen LogP contribution in [0, 0.1) is 11.3 Å². The Bertz CT molecular complexity index is 94.4. The highest BCUT2D eigenvalue weighted by Crippen LogP contribution is 1.76. The molecule has 2 N–H and O–H groups in total. The molecule has 0 aliphatic heterocycles. The number of hydrogen-bond donors (Lipinski definition) is 1. The standard InChI is InChI=1S/C4H6N2O/c5-2-1-4(6)3-7/h3-4H,1,6H2/t4-/m1/s1. The zero-order valence-electron chi connectivity index (χ0n) is 3.79. The van der Waals surface area contributed by atoms with E-state index in [2.05, 4.69) is 0 Å². The van der Waals surface area contributed by atoms with Crippen molar-refractivity contribution < 1.29 is 4.79 Å². The molecule has 0 aliphatic rings. The van der Waals surface area contributed by atoms with Crippen LogP contribution >= 0.6 is 0 Å². The van der Waals surface area contributed by atoms with Gasteiger partial charge in [0.2, 0.25) is 0 Å². The number of aldehydes is 1. The van der Waals surface area contributed by atoms with E-state index in [1.807, 2.05) is 0 Å². The Morgan fingerprint density at radius 1 is 2.00 bits per heavy atom. The van der Waals surface area contributed by atoms with E-state index >= 15 is 0 Å². The highest BCUT2D eigenvalue weighted by molar-refractivity contribution is 5.57. The molecule has 3 nitrogen and oxygen atoms in total. The Hall–Kier alpha value is -0.880. The topological polar surface area (TPSA) is 66.9 Å². The maximum Gasteiger partial charge on any atom is 0.137 e. The first-order valence-corrected chi connectivity index (χ1v) is 1.89. The van der Waals surface area contributed by atoms with Gasteiger partial charge in [-0.3, -0.25) is 0 Å². The predicted molar refractivity (Wildman–Crippen MR) is 24.3 cm³/mol. The number of nitrogens with zero attached hydrogens (tertiary/aromatic N) is 1. The summed E-state index contributed by atoms with van der Waals surface area (Å²) in [5.41, 5.74) is 4.99. The SMILES string of the molecule is N#CC[C@@H](N)C=O. The van der Waals surface area contributed by atoms with Crippen molar-refractivity contribution in [2.75, 3.05) is 0 Å². The first kappa shape index (κ1) is 6.12. The summed E-state index contributed by atoms with van der Waals surface area (Å²) >= 11 is 0. The molecule has 0 rings (SSSR count). The molecule has 0 bridgehead atoms. The van der Waals surface area contributed by atoms with Crippen LogP contribution in [-0.4, -0.2) is 12.3 Å². The van der Waals surface area contributed by atoms with Gasteiger partial charge in [0.15, 0.2) is 0 Å². The van der Waals surface area contributed by atoms with Crippen molar-refractivity contribution in [3.63, 3.8) is 0 Å². The monoisotopic (exact) mass is 98.0 g/mol. The van der Waals surface area contributed by atoms with Gasteiger partial charge in [-0.2, -0.15) is 5.26 Å². The Kier molecular flexibility index (Phi) is 2.90. The lowest BCUT2D eigenvalue weighted by Crippen LogP contribution is -2.19. The van der Waals surface area contributed by atoms with Gasteiger partial charge in [-0.1, -0.05) is 0 Å². The smallest absolute Gasteiger partial charge is 0.137 e. The zero-order chi connectivity index (χ0) is 5.70. The minimum atomic E-state index is -0.593. The van der Waals surface area contributed by atoms with E-state index in [-0.39, 0.29) is 6.42 Å². The summed E-state index contributed by atoms with van der Waals surface area (Å²) < 4.78 is 0.